The van der Waals surface area contributed by atoms with Gasteiger partial charge in [-0.25, -0.2) is 0 Å². The zero-order valence-electron chi connectivity index (χ0n) is 15.0. The van der Waals surface area contributed by atoms with Gasteiger partial charge >= 0.3 is 0 Å². The molecule has 1 aliphatic heterocycles. The predicted molar refractivity (Wildman–Crippen MR) is 104 cm³/mol. The molecule has 0 radical (unpaired) electrons. The van der Waals surface area contributed by atoms with Gasteiger partial charge in [-0.1, -0.05) is 17.7 Å². The summed E-state index contributed by atoms with van der Waals surface area (Å²) in [5, 5.41) is 4.22. The molecule has 1 aromatic heterocycles. The topological polar surface area (TPSA) is 46.6 Å². The van der Waals surface area contributed by atoms with Gasteiger partial charge in [0.2, 0.25) is 0 Å². The molecule has 2 heterocycles. The molecule has 1 fully saturated rings. The van der Waals surface area contributed by atoms with Gasteiger partial charge in [-0.2, -0.15) is 0 Å². The van der Waals surface area contributed by atoms with Gasteiger partial charge in [0.25, 0.3) is 0 Å². The zero-order chi connectivity index (χ0) is 18.0. The van der Waals surface area contributed by atoms with E-state index in [9.17, 15) is 0 Å². The number of pyridine rings is 1. The minimum atomic E-state index is 0.500. The normalized spacial score (nSPS) is 15.1. The summed E-state index contributed by atoms with van der Waals surface area (Å²) >= 11 is 6.16. The number of hydrogen-bond donors (Lipinski definition) is 1. The van der Waals surface area contributed by atoms with Gasteiger partial charge in [0.05, 0.1) is 13.2 Å². The first-order valence-electron chi connectivity index (χ1n) is 9.12. The quantitative estimate of drug-likeness (QED) is 0.682. The number of morpholine rings is 1. The minimum Gasteiger partial charge on any atom is -0.489 e. The number of rotatable bonds is 9. The highest BCUT2D eigenvalue weighted by molar-refractivity contribution is 6.30. The van der Waals surface area contributed by atoms with Crippen molar-refractivity contribution in [3.8, 4) is 5.75 Å². The molecule has 0 bridgehead atoms. The van der Waals surface area contributed by atoms with Crippen LogP contribution in [0.2, 0.25) is 5.02 Å². The molecule has 0 spiro atoms. The van der Waals surface area contributed by atoms with Crippen molar-refractivity contribution >= 4 is 11.6 Å². The molecule has 1 aromatic carbocycles. The van der Waals surface area contributed by atoms with E-state index in [1.54, 1.807) is 6.20 Å². The third kappa shape index (κ3) is 6.25. The number of halogens is 1. The number of aromatic nitrogens is 1. The van der Waals surface area contributed by atoms with Gasteiger partial charge in [-0.3, -0.25) is 9.88 Å². The summed E-state index contributed by atoms with van der Waals surface area (Å²) in [5.74, 6) is 0.860. The second kappa shape index (κ2) is 10.5. The molecule has 0 unspecified atom stereocenters. The molecule has 0 aliphatic carbocycles. The van der Waals surface area contributed by atoms with Crippen LogP contribution in [0.1, 0.15) is 17.5 Å². The SMILES string of the molecule is Clc1ccc(OCc2cccnc2)c(CNCCCN2CCOCC2)c1. The van der Waals surface area contributed by atoms with E-state index in [2.05, 4.69) is 15.2 Å². The van der Waals surface area contributed by atoms with E-state index in [4.69, 9.17) is 21.1 Å². The van der Waals surface area contributed by atoms with Gasteiger partial charge in [-0.05, 0) is 43.8 Å². The van der Waals surface area contributed by atoms with Crippen LogP contribution in [0, 0.1) is 0 Å². The van der Waals surface area contributed by atoms with Crippen LogP contribution in [-0.4, -0.2) is 49.3 Å². The Balaban J connectivity index is 1.44. The lowest BCUT2D eigenvalue weighted by Crippen LogP contribution is -2.37. The van der Waals surface area contributed by atoms with Gasteiger partial charge < -0.3 is 14.8 Å². The number of nitrogens with one attached hydrogen (secondary N) is 1. The molecule has 1 saturated heterocycles. The molecule has 6 heteroatoms. The summed E-state index contributed by atoms with van der Waals surface area (Å²) in [5.41, 5.74) is 2.12. The van der Waals surface area contributed by atoms with Gasteiger partial charge in [0.1, 0.15) is 12.4 Å². The molecule has 140 valence electrons. The third-order valence-electron chi connectivity index (χ3n) is 4.39. The van der Waals surface area contributed by atoms with Gasteiger partial charge in [0, 0.05) is 48.2 Å². The minimum absolute atomic E-state index is 0.500. The highest BCUT2D eigenvalue weighted by Gasteiger charge is 2.09. The lowest BCUT2D eigenvalue weighted by atomic mass is 10.2. The van der Waals surface area contributed by atoms with E-state index in [0.717, 1.165) is 74.3 Å². The highest BCUT2D eigenvalue weighted by Crippen LogP contribution is 2.23. The molecule has 3 rings (SSSR count). The first kappa shape index (κ1) is 19.1. The van der Waals surface area contributed by atoms with Gasteiger partial charge in [0.15, 0.2) is 0 Å². The summed E-state index contributed by atoms with van der Waals surface area (Å²) in [4.78, 5) is 6.57. The van der Waals surface area contributed by atoms with Crippen LogP contribution >= 0.6 is 11.6 Å². The fraction of sp³-hybridized carbons (Fsp3) is 0.450. The molecular weight excluding hydrogens is 350 g/mol. The molecule has 5 nitrogen and oxygen atoms in total. The van der Waals surface area contributed by atoms with Crippen LogP contribution in [0.3, 0.4) is 0 Å². The van der Waals surface area contributed by atoms with Crippen molar-refractivity contribution in [2.45, 2.75) is 19.6 Å². The average Bonchev–Trinajstić information content (AvgIpc) is 2.69. The number of nitrogens with zero attached hydrogens (tertiary/aromatic N) is 2. The summed E-state index contributed by atoms with van der Waals surface area (Å²) < 4.78 is 11.3. The largest absolute Gasteiger partial charge is 0.489 e. The number of hydrogen-bond acceptors (Lipinski definition) is 5. The van der Waals surface area contributed by atoms with Crippen molar-refractivity contribution in [2.75, 3.05) is 39.4 Å². The Morgan fingerprint density at radius 2 is 2.12 bits per heavy atom. The molecule has 1 aliphatic rings. The molecule has 0 saturated carbocycles. The van der Waals surface area contributed by atoms with Crippen molar-refractivity contribution in [1.29, 1.82) is 0 Å². The van der Waals surface area contributed by atoms with Crippen LogP contribution in [0.25, 0.3) is 0 Å². The van der Waals surface area contributed by atoms with E-state index in [-0.39, 0.29) is 0 Å². The van der Waals surface area contributed by atoms with E-state index in [0.29, 0.717) is 6.61 Å². The van der Waals surface area contributed by atoms with Crippen molar-refractivity contribution in [3.05, 3.63) is 58.9 Å². The zero-order valence-corrected chi connectivity index (χ0v) is 15.8. The number of ether oxygens (including phenoxy) is 2. The van der Waals surface area contributed by atoms with Crippen LogP contribution < -0.4 is 10.1 Å². The summed E-state index contributed by atoms with van der Waals surface area (Å²) in [6, 6.07) is 9.69. The second-order valence-corrected chi connectivity index (χ2v) is 6.82. The Hall–Kier alpha value is -1.66. The molecule has 0 atom stereocenters. The Morgan fingerprint density at radius 1 is 1.23 bits per heavy atom. The summed E-state index contributed by atoms with van der Waals surface area (Å²) in [7, 11) is 0. The predicted octanol–water partition coefficient (Wildman–Crippen LogP) is 3.13. The Morgan fingerprint density at radius 3 is 2.92 bits per heavy atom. The van der Waals surface area contributed by atoms with E-state index in [1.165, 1.54) is 0 Å². The molecular formula is C20H26ClN3O2. The lowest BCUT2D eigenvalue weighted by molar-refractivity contribution is 0.0374. The summed E-state index contributed by atoms with van der Waals surface area (Å²) in [6.07, 6.45) is 4.70. The van der Waals surface area contributed by atoms with Crippen molar-refractivity contribution in [2.24, 2.45) is 0 Å². The maximum Gasteiger partial charge on any atom is 0.124 e. The number of benzene rings is 1. The first-order chi connectivity index (χ1) is 12.8. The monoisotopic (exact) mass is 375 g/mol. The molecule has 1 N–H and O–H groups in total. The standard InChI is InChI=1S/C20H26ClN3O2/c21-19-4-5-20(26-16-17-3-1-6-22-14-17)18(13-19)15-23-7-2-8-24-9-11-25-12-10-24/h1,3-6,13-14,23H,2,7-12,15-16H2. The van der Waals surface area contributed by atoms with E-state index >= 15 is 0 Å². The fourth-order valence-electron chi connectivity index (χ4n) is 2.95. The van der Waals surface area contributed by atoms with E-state index in [1.807, 2.05) is 36.5 Å². The van der Waals surface area contributed by atoms with Crippen LogP contribution in [0.5, 0.6) is 5.75 Å². The van der Waals surface area contributed by atoms with Crippen molar-refractivity contribution < 1.29 is 9.47 Å². The third-order valence-corrected chi connectivity index (χ3v) is 4.62. The Labute approximate surface area is 160 Å². The second-order valence-electron chi connectivity index (χ2n) is 6.39. The van der Waals surface area contributed by atoms with Crippen LogP contribution in [0.4, 0.5) is 0 Å². The average molecular weight is 376 g/mol. The van der Waals surface area contributed by atoms with Crippen molar-refractivity contribution in [1.82, 2.24) is 15.2 Å². The molecule has 26 heavy (non-hydrogen) atoms. The first-order valence-corrected chi connectivity index (χ1v) is 9.50. The van der Waals surface area contributed by atoms with Crippen LogP contribution in [0.15, 0.2) is 42.7 Å². The smallest absolute Gasteiger partial charge is 0.124 e. The Bertz CT molecular complexity index is 663. The summed E-state index contributed by atoms with van der Waals surface area (Å²) in [6.45, 7) is 7.11. The molecule has 0 amide bonds. The Kier molecular flexibility index (Phi) is 7.70. The van der Waals surface area contributed by atoms with Crippen molar-refractivity contribution in [3.63, 3.8) is 0 Å². The maximum absolute atomic E-state index is 6.16. The molecule has 2 aromatic rings. The lowest BCUT2D eigenvalue weighted by Gasteiger charge is -2.26. The maximum atomic E-state index is 6.16. The fourth-order valence-corrected chi connectivity index (χ4v) is 3.14. The van der Waals surface area contributed by atoms with Crippen LogP contribution in [-0.2, 0) is 17.9 Å². The van der Waals surface area contributed by atoms with E-state index < -0.39 is 0 Å². The highest BCUT2D eigenvalue weighted by atomic mass is 35.5. The van der Waals surface area contributed by atoms with Gasteiger partial charge in [-0.15, -0.1) is 0 Å².